The van der Waals surface area contributed by atoms with Crippen molar-refractivity contribution in [1.82, 2.24) is 16.0 Å². The van der Waals surface area contributed by atoms with E-state index >= 15 is 0 Å². The van der Waals surface area contributed by atoms with E-state index in [-0.39, 0.29) is 37.2 Å². The first-order chi connectivity index (χ1) is 17.1. The lowest BCUT2D eigenvalue weighted by atomic mass is 10.1. The Bertz CT molecular complexity index is 752. The predicted molar refractivity (Wildman–Crippen MR) is 127 cm³/mol. The Morgan fingerprint density at radius 1 is 1.17 bits per heavy atom. The fourth-order valence-electron chi connectivity index (χ4n) is 4.74. The van der Waals surface area contributed by atoms with Gasteiger partial charge < -0.3 is 40.7 Å². The molecule has 12 heteroatoms. The third kappa shape index (κ3) is 8.77. The van der Waals surface area contributed by atoms with Crippen LogP contribution in [0.2, 0.25) is 0 Å². The molecule has 2 fully saturated rings. The first kappa shape index (κ1) is 30.1. The number of fused-ring (bicyclic) bond motifs is 1. The van der Waals surface area contributed by atoms with Crippen LogP contribution >= 0.6 is 0 Å². The molecule has 0 radical (unpaired) electrons. The fraction of sp³-hybridized carbons (Fsp3) is 0.833. The number of Topliss-reactive ketones (excluding diaryl/α,β-unsaturated/α-hetero) is 1. The lowest BCUT2D eigenvalue weighted by molar-refractivity contribution is -0.195. The molecule has 1 heterocycles. The van der Waals surface area contributed by atoms with E-state index in [9.17, 15) is 34.5 Å². The van der Waals surface area contributed by atoms with E-state index in [4.69, 9.17) is 9.47 Å². The molecular weight excluding hydrogens is 474 g/mol. The molecule has 206 valence electrons. The van der Waals surface area contributed by atoms with Crippen molar-refractivity contribution in [1.29, 1.82) is 0 Å². The van der Waals surface area contributed by atoms with E-state index in [0.717, 1.165) is 6.42 Å². The minimum absolute atomic E-state index is 0.0489. The molecule has 1 aliphatic carbocycles. The molecule has 1 saturated heterocycles. The van der Waals surface area contributed by atoms with E-state index < -0.39 is 42.1 Å². The molecule has 2 aliphatic rings. The van der Waals surface area contributed by atoms with E-state index in [1.807, 2.05) is 0 Å². The quantitative estimate of drug-likeness (QED) is 0.103. The van der Waals surface area contributed by atoms with Crippen molar-refractivity contribution in [3.05, 3.63) is 0 Å². The molecule has 5 unspecified atom stereocenters. The van der Waals surface area contributed by atoms with Gasteiger partial charge in [-0.15, -0.1) is 0 Å². The number of nitrogens with one attached hydrogen (secondary N) is 3. The highest BCUT2D eigenvalue weighted by Crippen LogP contribution is 2.52. The smallest absolute Gasteiger partial charge is 0.219 e. The Hall–Kier alpha value is -2.12. The van der Waals surface area contributed by atoms with Gasteiger partial charge in [0.05, 0.1) is 30.9 Å². The Kier molecular flexibility index (Phi) is 12.2. The van der Waals surface area contributed by atoms with E-state index in [1.54, 1.807) is 0 Å². The van der Waals surface area contributed by atoms with Crippen LogP contribution in [0.4, 0.5) is 0 Å². The van der Waals surface area contributed by atoms with Gasteiger partial charge in [0.25, 0.3) is 0 Å². The largest absolute Gasteiger partial charge is 0.394 e. The van der Waals surface area contributed by atoms with Crippen LogP contribution < -0.4 is 16.0 Å². The molecule has 3 amide bonds. The Balaban J connectivity index is 1.63. The van der Waals surface area contributed by atoms with Gasteiger partial charge in [-0.05, 0) is 39.0 Å². The number of rotatable bonds is 17. The summed E-state index contributed by atoms with van der Waals surface area (Å²) >= 11 is 0. The SMILES string of the molecule is CC(=O)NC1C2C(O)[C@@]2(O)CC(CO)O[C@H]1OCCCCCC(=O)NCCCCC(NC=O)C(C)=O. The summed E-state index contributed by atoms with van der Waals surface area (Å²) in [6.07, 6.45) is 2.23. The number of hydrogen-bond donors (Lipinski definition) is 6. The van der Waals surface area contributed by atoms with Gasteiger partial charge in [-0.3, -0.25) is 19.2 Å². The summed E-state index contributed by atoms with van der Waals surface area (Å²) in [7, 11) is 0. The maximum absolute atomic E-state index is 12.0. The van der Waals surface area contributed by atoms with Crippen LogP contribution in [0.1, 0.15) is 65.2 Å². The highest BCUT2D eigenvalue weighted by molar-refractivity contribution is 5.83. The second-order valence-electron chi connectivity index (χ2n) is 9.68. The summed E-state index contributed by atoms with van der Waals surface area (Å²) in [6.45, 7) is 3.20. The number of ketones is 1. The van der Waals surface area contributed by atoms with Crippen LogP contribution in [0.3, 0.4) is 0 Å². The van der Waals surface area contributed by atoms with Crippen LogP contribution in [-0.4, -0.2) is 95.3 Å². The number of amides is 3. The topological polar surface area (TPSA) is 184 Å². The number of hydrogen-bond acceptors (Lipinski definition) is 9. The number of aliphatic hydroxyl groups is 3. The van der Waals surface area contributed by atoms with Gasteiger partial charge in [-0.25, -0.2) is 0 Å². The molecule has 36 heavy (non-hydrogen) atoms. The molecule has 6 N–H and O–H groups in total. The van der Waals surface area contributed by atoms with Crippen molar-refractivity contribution in [3.63, 3.8) is 0 Å². The van der Waals surface area contributed by atoms with Gasteiger partial charge in [0, 0.05) is 38.8 Å². The standard InChI is InChI=1S/C24H41N3O9/c1-15(30)18(26-14-29)8-5-6-10-25-19(32)9-4-3-7-11-35-23-21(27-16(2)31)20-22(33)24(20,34)12-17(13-28)36-23/h14,17-18,20-23,28,33-34H,3-13H2,1-2H3,(H,25,32)(H,26,29)(H,27,31)/t17?,18?,20?,21?,22?,23-,24-/m1/s1. The summed E-state index contributed by atoms with van der Waals surface area (Å²) in [4.78, 5) is 45.5. The number of carbonyl (C=O) groups is 4. The number of aliphatic hydroxyl groups excluding tert-OH is 2. The molecule has 1 aliphatic heterocycles. The van der Waals surface area contributed by atoms with Gasteiger partial charge in [0.2, 0.25) is 18.2 Å². The minimum Gasteiger partial charge on any atom is -0.394 e. The second-order valence-corrected chi connectivity index (χ2v) is 9.68. The summed E-state index contributed by atoms with van der Waals surface area (Å²) in [6, 6.07) is -1.22. The van der Waals surface area contributed by atoms with Gasteiger partial charge in [0.1, 0.15) is 5.60 Å². The molecule has 0 bridgehead atoms. The van der Waals surface area contributed by atoms with Crippen molar-refractivity contribution in [2.75, 3.05) is 19.8 Å². The minimum atomic E-state index is -1.42. The molecule has 7 atom stereocenters. The lowest BCUT2D eigenvalue weighted by Gasteiger charge is -2.29. The first-order valence-corrected chi connectivity index (χ1v) is 12.7. The first-order valence-electron chi connectivity index (χ1n) is 12.7. The van der Waals surface area contributed by atoms with Crippen molar-refractivity contribution >= 4 is 24.0 Å². The van der Waals surface area contributed by atoms with Crippen molar-refractivity contribution in [3.8, 4) is 0 Å². The Morgan fingerprint density at radius 2 is 1.92 bits per heavy atom. The Morgan fingerprint density at radius 3 is 2.56 bits per heavy atom. The van der Waals surface area contributed by atoms with E-state index in [1.165, 1.54) is 13.8 Å². The summed E-state index contributed by atoms with van der Waals surface area (Å²) in [5.41, 5.74) is -1.42. The highest BCUT2D eigenvalue weighted by Gasteiger charge is 2.70. The Labute approximate surface area is 211 Å². The zero-order valence-corrected chi connectivity index (χ0v) is 21.1. The van der Waals surface area contributed by atoms with E-state index in [0.29, 0.717) is 51.5 Å². The molecule has 0 aromatic heterocycles. The number of ether oxygens (including phenoxy) is 2. The second kappa shape index (κ2) is 14.6. The fourth-order valence-corrected chi connectivity index (χ4v) is 4.74. The summed E-state index contributed by atoms with van der Waals surface area (Å²) in [5, 5.41) is 38.4. The van der Waals surface area contributed by atoms with Crippen LogP contribution in [0.25, 0.3) is 0 Å². The maximum Gasteiger partial charge on any atom is 0.219 e. The zero-order chi connectivity index (χ0) is 26.7. The average molecular weight is 516 g/mol. The molecule has 0 aromatic rings. The van der Waals surface area contributed by atoms with Gasteiger partial charge >= 0.3 is 0 Å². The average Bonchev–Trinajstić information content (AvgIpc) is 3.38. The van der Waals surface area contributed by atoms with E-state index in [2.05, 4.69) is 16.0 Å². The highest BCUT2D eigenvalue weighted by atomic mass is 16.7. The van der Waals surface area contributed by atoms with Crippen LogP contribution in [0.5, 0.6) is 0 Å². The lowest BCUT2D eigenvalue weighted by Crippen LogP contribution is -2.48. The number of unbranched alkanes of at least 4 members (excludes halogenated alkanes) is 3. The maximum atomic E-state index is 12.0. The third-order valence-electron chi connectivity index (χ3n) is 6.79. The van der Waals surface area contributed by atoms with Gasteiger partial charge in [-0.2, -0.15) is 0 Å². The molecule has 0 spiro atoms. The zero-order valence-electron chi connectivity index (χ0n) is 21.1. The monoisotopic (exact) mass is 515 g/mol. The van der Waals surface area contributed by atoms with Gasteiger partial charge in [-0.1, -0.05) is 6.42 Å². The van der Waals surface area contributed by atoms with Crippen molar-refractivity contribution in [2.24, 2.45) is 5.92 Å². The van der Waals surface area contributed by atoms with Crippen LogP contribution in [0, 0.1) is 5.92 Å². The van der Waals surface area contributed by atoms with Crippen molar-refractivity contribution < 1.29 is 44.0 Å². The number of carbonyl (C=O) groups excluding carboxylic acids is 4. The summed E-state index contributed by atoms with van der Waals surface area (Å²) < 4.78 is 11.6. The van der Waals surface area contributed by atoms with Crippen molar-refractivity contribution in [2.45, 2.75) is 101 Å². The molecule has 0 aromatic carbocycles. The normalized spacial score (nSPS) is 29.9. The predicted octanol–water partition coefficient (Wildman–Crippen LogP) is -1.11. The molecule has 12 nitrogen and oxygen atoms in total. The third-order valence-corrected chi connectivity index (χ3v) is 6.79. The van der Waals surface area contributed by atoms with Gasteiger partial charge in [0.15, 0.2) is 12.1 Å². The molecular formula is C24H41N3O9. The molecule has 2 rings (SSSR count). The summed E-state index contributed by atoms with van der Waals surface area (Å²) in [5.74, 6) is -1.13. The van der Waals surface area contributed by atoms with Crippen LogP contribution in [0.15, 0.2) is 0 Å². The molecule has 1 saturated carbocycles. The van der Waals surface area contributed by atoms with Crippen LogP contribution in [-0.2, 0) is 28.7 Å².